The third-order valence-electron chi connectivity index (χ3n) is 5.27. The first-order valence-corrected chi connectivity index (χ1v) is 10.0. The summed E-state index contributed by atoms with van der Waals surface area (Å²) >= 11 is 1.68. The van der Waals surface area contributed by atoms with E-state index in [9.17, 15) is 9.90 Å². The van der Waals surface area contributed by atoms with Crippen LogP contribution in [0.3, 0.4) is 0 Å². The maximum absolute atomic E-state index is 11.5. The molecule has 4 nitrogen and oxygen atoms in total. The Morgan fingerprint density at radius 2 is 2.07 bits per heavy atom. The highest BCUT2D eigenvalue weighted by molar-refractivity contribution is 7.99. The first-order chi connectivity index (χ1) is 12.9. The maximum Gasteiger partial charge on any atom is 0.248 e. The molecule has 1 fully saturated rings. The highest BCUT2D eigenvalue weighted by Crippen LogP contribution is 2.38. The number of nitrogens with one attached hydrogen (secondary N) is 1. The molecular weight excluding hydrogens is 358 g/mol. The number of aryl methyl sites for hydroxylation is 1. The van der Waals surface area contributed by atoms with Crippen LogP contribution in [0.5, 0.6) is 0 Å². The van der Waals surface area contributed by atoms with E-state index in [2.05, 4.69) is 24.0 Å². The molecule has 1 aliphatic rings. The zero-order valence-corrected chi connectivity index (χ0v) is 16.3. The second-order valence-corrected chi connectivity index (χ2v) is 8.38. The summed E-state index contributed by atoms with van der Waals surface area (Å²) in [4.78, 5) is 16.6. The minimum atomic E-state index is -0.827. The molecule has 5 heteroatoms. The number of ether oxygens (including phenoxy) is 1. The average molecular weight is 381 g/mol. The summed E-state index contributed by atoms with van der Waals surface area (Å²) in [6.07, 6.45) is 1.29. The van der Waals surface area contributed by atoms with Crippen LogP contribution >= 0.6 is 11.8 Å². The van der Waals surface area contributed by atoms with Crippen molar-refractivity contribution in [1.82, 2.24) is 4.98 Å². The molecule has 4 rings (SSSR count). The lowest BCUT2D eigenvalue weighted by Gasteiger charge is -2.36. The molecule has 140 valence electrons. The first-order valence-electron chi connectivity index (χ1n) is 9.20. The Morgan fingerprint density at radius 1 is 1.22 bits per heavy atom. The van der Waals surface area contributed by atoms with Gasteiger partial charge in [-0.25, -0.2) is 0 Å². The zero-order chi connectivity index (χ0) is 19.0. The van der Waals surface area contributed by atoms with E-state index in [-0.39, 0.29) is 11.7 Å². The van der Waals surface area contributed by atoms with E-state index < -0.39 is 5.60 Å². The van der Waals surface area contributed by atoms with E-state index in [4.69, 9.17) is 4.74 Å². The summed E-state index contributed by atoms with van der Waals surface area (Å²) in [6.45, 7) is 4.66. The molecule has 0 bridgehead atoms. The van der Waals surface area contributed by atoms with Gasteiger partial charge in [0.25, 0.3) is 0 Å². The fourth-order valence-corrected chi connectivity index (χ4v) is 4.77. The Morgan fingerprint density at radius 3 is 2.89 bits per heavy atom. The van der Waals surface area contributed by atoms with Crippen molar-refractivity contribution in [2.24, 2.45) is 0 Å². The number of fused-ring (bicyclic) bond motifs is 1. The van der Waals surface area contributed by atoms with E-state index in [1.807, 2.05) is 37.3 Å². The van der Waals surface area contributed by atoms with E-state index in [1.165, 1.54) is 0 Å². The number of hydrogen-bond donors (Lipinski definition) is 2. The lowest BCUT2D eigenvalue weighted by Crippen LogP contribution is -2.37. The van der Waals surface area contributed by atoms with Crippen LogP contribution in [0.25, 0.3) is 10.9 Å². The van der Waals surface area contributed by atoms with Crippen molar-refractivity contribution in [2.45, 2.75) is 48.2 Å². The Bertz CT molecular complexity index is 1050. The molecular formula is C22H23NO3S. The predicted octanol–water partition coefficient (Wildman–Crippen LogP) is 4.37. The van der Waals surface area contributed by atoms with Crippen molar-refractivity contribution >= 4 is 22.7 Å². The molecule has 0 aliphatic carbocycles. The standard InChI is InChI=1S/C22H23NO3S/c1-14-13-22(25,10-11-26-14)16-4-3-5-17(12-16)27-20-8-7-19-18(15(20)2)6-9-21(24)23-19/h3-9,12,14,25H,10-11,13H2,1-2H3,(H,23,24)/t14-,22+/m0/s1. The summed E-state index contributed by atoms with van der Waals surface area (Å²) in [6, 6.07) is 15.6. The number of aliphatic hydroxyl groups is 1. The van der Waals surface area contributed by atoms with Crippen LogP contribution in [0.4, 0.5) is 0 Å². The van der Waals surface area contributed by atoms with Crippen LogP contribution in [-0.2, 0) is 10.3 Å². The first kappa shape index (κ1) is 18.3. The highest BCUT2D eigenvalue weighted by atomic mass is 32.2. The molecule has 0 radical (unpaired) electrons. The second-order valence-electron chi connectivity index (χ2n) is 7.27. The summed E-state index contributed by atoms with van der Waals surface area (Å²) in [5.74, 6) is 0. The third-order valence-corrected chi connectivity index (χ3v) is 6.42. The molecule has 1 saturated heterocycles. The number of benzene rings is 2. The molecule has 2 atom stereocenters. The summed E-state index contributed by atoms with van der Waals surface area (Å²) in [5, 5.41) is 12.2. The highest BCUT2D eigenvalue weighted by Gasteiger charge is 2.35. The van der Waals surface area contributed by atoms with Gasteiger partial charge in [-0.15, -0.1) is 0 Å². The number of aromatic nitrogens is 1. The summed E-state index contributed by atoms with van der Waals surface area (Å²) < 4.78 is 5.60. The van der Waals surface area contributed by atoms with E-state index in [0.29, 0.717) is 19.4 Å². The molecule has 2 aromatic carbocycles. The Hall–Kier alpha value is -2.08. The van der Waals surface area contributed by atoms with Gasteiger partial charge in [0.05, 0.1) is 18.3 Å². The van der Waals surface area contributed by atoms with E-state index >= 15 is 0 Å². The Kier molecular flexibility index (Phi) is 4.84. The quantitative estimate of drug-likeness (QED) is 0.707. The minimum Gasteiger partial charge on any atom is -0.385 e. The van der Waals surface area contributed by atoms with Crippen LogP contribution in [0.15, 0.2) is 63.1 Å². The van der Waals surface area contributed by atoms with Gasteiger partial charge in [0.2, 0.25) is 5.56 Å². The lowest BCUT2D eigenvalue weighted by atomic mass is 9.84. The van der Waals surface area contributed by atoms with E-state index in [1.54, 1.807) is 17.8 Å². The number of hydrogen-bond acceptors (Lipinski definition) is 4. The van der Waals surface area contributed by atoms with Crippen molar-refractivity contribution in [3.63, 3.8) is 0 Å². The van der Waals surface area contributed by atoms with Gasteiger partial charge in [-0.3, -0.25) is 4.79 Å². The van der Waals surface area contributed by atoms with Crippen LogP contribution in [0, 0.1) is 6.92 Å². The predicted molar refractivity (Wildman–Crippen MR) is 108 cm³/mol. The number of pyridine rings is 1. The third kappa shape index (κ3) is 3.68. The largest absolute Gasteiger partial charge is 0.385 e. The Balaban J connectivity index is 1.66. The Labute approximate surface area is 162 Å². The smallest absolute Gasteiger partial charge is 0.248 e. The molecule has 2 heterocycles. The van der Waals surface area contributed by atoms with Gasteiger partial charge in [0.15, 0.2) is 0 Å². The second kappa shape index (κ2) is 7.15. The van der Waals surface area contributed by atoms with Crippen LogP contribution in [0.1, 0.15) is 30.9 Å². The molecule has 0 unspecified atom stereocenters. The van der Waals surface area contributed by atoms with Crippen molar-refractivity contribution in [2.75, 3.05) is 6.61 Å². The zero-order valence-electron chi connectivity index (χ0n) is 15.5. The van der Waals surface area contributed by atoms with Crippen LogP contribution in [0.2, 0.25) is 0 Å². The van der Waals surface area contributed by atoms with Gasteiger partial charge in [-0.2, -0.15) is 0 Å². The van der Waals surface area contributed by atoms with Crippen molar-refractivity contribution in [3.05, 3.63) is 70.0 Å². The van der Waals surface area contributed by atoms with Gasteiger partial charge in [-0.1, -0.05) is 23.9 Å². The lowest BCUT2D eigenvalue weighted by molar-refractivity contribution is -0.101. The molecule has 3 aromatic rings. The van der Waals surface area contributed by atoms with Crippen molar-refractivity contribution in [3.8, 4) is 0 Å². The maximum atomic E-state index is 11.5. The molecule has 0 amide bonds. The molecule has 2 N–H and O–H groups in total. The van der Waals surface area contributed by atoms with Gasteiger partial charge >= 0.3 is 0 Å². The molecule has 0 saturated carbocycles. The topological polar surface area (TPSA) is 62.3 Å². The number of H-pyrrole nitrogens is 1. The van der Waals surface area contributed by atoms with Gasteiger partial charge in [-0.05, 0) is 55.3 Å². The van der Waals surface area contributed by atoms with Crippen LogP contribution in [-0.4, -0.2) is 22.8 Å². The summed E-state index contributed by atoms with van der Waals surface area (Å²) in [5.41, 5.74) is 2.02. The normalized spacial score (nSPS) is 22.9. The SMILES string of the molecule is Cc1c(Sc2cccc([C@@]3(O)CCO[C@@H](C)C3)c2)ccc2[nH]c(=O)ccc12. The molecule has 27 heavy (non-hydrogen) atoms. The fourth-order valence-electron chi connectivity index (χ4n) is 3.78. The fraction of sp³-hybridized carbons (Fsp3) is 0.318. The van der Waals surface area contributed by atoms with Crippen molar-refractivity contribution in [1.29, 1.82) is 0 Å². The molecule has 1 aliphatic heterocycles. The number of aromatic amines is 1. The summed E-state index contributed by atoms with van der Waals surface area (Å²) in [7, 11) is 0. The monoisotopic (exact) mass is 381 g/mol. The minimum absolute atomic E-state index is 0.0601. The van der Waals surface area contributed by atoms with Gasteiger partial charge < -0.3 is 14.8 Å². The van der Waals surface area contributed by atoms with E-state index in [0.717, 1.165) is 31.8 Å². The van der Waals surface area contributed by atoms with Gasteiger partial charge in [0, 0.05) is 39.6 Å². The number of rotatable bonds is 3. The molecule has 0 spiro atoms. The van der Waals surface area contributed by atoms with Crippen molar-refractivity contribution < 1.29 is 9.84 Å². The average Bonchev–Trinajstić information content (AvgIpc) is 2.64. The van der Waals surface area contributed by atoms with Crippen LogP contribution < -0.4 is 5.56 Å². The molecule has 1 aromatic heterocycles. The van der Waals surface area contributed by atoms with Gasteiger partial charge in [0.1, 0.15) is 0 Å².